The van der Waals surface area contributed by atoms with Crippen LogP contribution in [0.4, 0.5) is 11.4 Å². The van der Waals surface area contributed by atoms with Gasteiger partial charge in [-0.1, -0.05) is 57.2 Å². The Hall–Kier alpha value is -3.21. The highest BCUT2D eigenvalue weighted by Crippen LogP contribution is 2.32. The molecule has 0 spiro atoms. The Labute approximate surface area is 165 Å². The Morgan fingerprint density at radius 2 is 1.71 bits per heavy atom. The number of anilines is 2. The molecule has 0 aliphatic carbocycles. The molecule has 1 N–H and O–H groups in total. The topological polar surface area (TPSA) is 62.3 Å². The number of pyridine rings is 1. The maximum atomic E-state index is 12.8. The maximum Gasteiger partial charge on any atom is 0.244 e. The van der Waals surface area contributed by atoms with Crippen LogP contribution in [0, 0.1) is 0 Å². The molecular weight excluding hydrogens is 350 g/mol. The highest BCUT2D eigenvalue weighted by Gasteiger charge is 2.24. The van der Waals surface area contributed by atoms with Gasteiger partial charge in [-0.05, 0) is 29.2 Å². The summed E-state index contributed by atoms with van der Waals surface area (Å²) in [6.45, 7) is 7.68. The van der Waals surface area contributed by atoms with Gasteiger partial charge in [-0.15, -0.1) is 0 Å². The number of carbonyl (C=O) groups excluding carboxylic acids is 2. The van der Waals surface area contributed by atoms with Crippen LogP contribution in [-0.2, 0) is 15.0 Å². The molecule has 1 aromatic heterocycles. The van der Waals surface area contributed by atoms with E-state index in [1.54, 1.807) is 6.20 Å². The summed E-state index contributed by atoms with van der Waals surface area (Å²) in [5.74, 6) is -0.444. The average Bonchev–Trinajstić information content (AvgIpc) is 2.65. The van der Waals surface area contributed by atoms with Crippen molar-refractivity contribution in [2.75, 3.05) is 16.8 Å². The fourth-order valence-electron chi connectivity index (χ4n) is 3.25. The first-order valence-corrected chi connectivity index (χ1v) is 9.28. The van der Waals surface area contributed by atoms with Gasteiger partial charge in [0.2, 0.25) is 11.8 Å². The molecule has 2 aromatic carbocycles. The Balaban J connectivity index is 1.88. The number of rotatable bonds is 4. The number of hydrogen-bond acceptors (Lipinski definition) is 3. The molecule has 0 saturated heterocycles. The summed E-state index contributed by atoms with van der Waals surface area (Å²) >= 11 is 0. The molecule has 0 radical (unpaired) electrons. The fourth-order valence-corrected chi connectivity index (χ4v) is 3.25. The van der Waals surface area contributed by atoms with Crippen LogP contribution in [0.1, 0.15) is 33.3 Å². The zero-order chi connectivity index (χ0) is 20.3. The molecule has 28 heavy (non-hydrogen) atoms. The number of aromatic nitrogens is 1. The van der Waals surface area contributed by atoms with Crippen molar-refractivity contribution in [2.45, 2.75) is 33.1 Å². The molecule has 0 atom stereocenters. The second kappa shape index (κ2) is 7.80. The first-order chi connectivity index (χ1) is 13.3. The molecule has 0 aliphatic rings. The number of nitrogens with zero attached hydrogens (tertiary/aromatic N) is 2. The highest BCUT2D eigenvalue weighted by molar-refractivity contribution is 6.05. The SMILES string of the molecule is CC(=O)N(CC(=O)Nc1cccc2cccnc12)c1ccccc1C(C)(C)C. The Kier molecular flexibility index (Phi) is 5.45. The third-order valence-corrected chi connectivity index (χ3v) is 4.59. The minimum absolute atomic E-state index is 0.0638. The van der Waals surface area contributed by atoms with Gasteiger partial charge in [0, 0.05) is 24.2 Å². The lowest BCUT2D eigenvalue weighted by Gasteiger charge is -2.29. The van der Waals surface area contributed by atoms with Crippen LogP contribution >= 0.6 is 0 Å². The number of carbonyl (C=O) groups is 2. The lowest BCUT2D eigenvalue weighted by Crippen LogP contribution is -2.38. The molecule has 0 unspecified atom stereocenters. The number of fused-ring (bicyclic) bond motifs is 1. The van der Waals surface area contributed by atoms with Gasteiger partial charge in [0.05, 0.1) is 11.2 Å². The van der Waals surface area contributed by atoms with Crippen LogP contribution in [0.3, 0.4) is 0 Å². The summed E-state index contributed by atoms with van der Waals surface area (Å²) in [4.78, 5) is 31.0. The maximum absolute atomic E-state index is 12.8. The Bertz CT molecular complexity index is 1020. The van der Waals surface area contributed by atoms with Crippen LogP contribution in [-0.4, -0.2) is 23.3 Å². The molecule has 0 aliphatic heterocycles. The van der Waals surface area contributed by atoms with E-state index in [4.69, 9.17) is 0 Å². The third-order valence-electron chi connectivity index (χ3n) is 4.59. The zero-order valence-corrected chi connectivity index (χ0v) is 16.7. The van der Waals surface area contributed by atoms with Crippen molar-refractivity contribution in [3.05, 3.63) is 66.4 Å². The molecule has 5 heteroatoms. The predicted molar refractivity (Wildman–Crippen MR) is 114 cm³/mol. The standard InChI is InChI=1S/C23H25N3O2/c1-16(27)26(20-13-6-5-11-18(20)23(2,3)4)15-21(28)25-19-12-7-9-17-10-8-14-24-22(17)19/h5-14H,15H2,1-4H3,(H,25,28). The molecule has 1 heterocycles. The predicted octanol–water partition coefficient (Wildman–Crippen LogP) is 4.52. The van der Waals surface area contributed by atoms with E-state index in [0.717, 1.165) is 22.2 Å². The molecule has 144 valence electrons. The van der Waals surface area contributed by atoms with Crippen molar-refractivity contribution in [3.63, 3.8) is 0 Å². The molecule has 5 nitrogen and oxygen atoms in total. The van der Waals surface area contributed by atoms with Gasteiger partial charge in [0.25, 0.3) is 0 Å². The van der Waals surface area contributed by atoms with Gasteiger partial charge in [-0.25, -0.2) is 0 Å². The molecule has 3 rings (SSSR count). The first kappa shape index (κ1) is 19.5. The average molecular weight is 375 g/mol. The van der Waals surface area contributed by atoms with E-state index in [-0.39, 0.29) is 23.8 Å². The van der Waals surface area contributed by atoms with Gasteiger partial charge in [-0.3, -0.25) is 14.6 Å². The highest BCUT2D eigenvalue weighted by atomic mass is 16.2. The van der Waals surface area contributed by atoms with Crippen molar-refractivity contribution in [3.8, 4) is 0 Å². The van der Waals surface area contributed by atoms with E-state index < -0.39 is 0 Å². The quantitative estimate of drug-likeness (QED) is 0.729. The minimum atomic E-state index is -0.267. The van der Waals surface area contributed by atoms with Crippen LogP contribution in [0.5, 0.6) is 0 Å². The molecule has 0 saturated carbocycles. The summed E-state index contributed by atoms with van der Waals surface area (Å²) in [6.07, 6.45) is 1.69. The summed E-state index contributed by atoms with van der Waals surface area (Å²) in [6, 6.07) is 17.1. The van der Waals surface area contributed by atoms with Crippen molar-refractivity contribution in [2.24, 2.45) is 0 Å². The largest absolute Gasteiger partial charge is 0.323 e. The van der Waals surface area contributed by atoms with Crippen LogP contribution in [0.2, 0.25) is 0 Å². The van der Waals surface area contributed by atoms with E-state index in [0.29, 0.717) is 5.69 Å². The van der Waals surface area contributed by atoms with E-state index in [2.05, 4.69) is 31.1 Å². The molecule has 0 bridgehead atoms. The van der Waals surface area contributed by atoms with Gasteiger partial charge >= 0.3 is 0 Å². The lowest BCUT2D eigenvalue weighted by atomic mass is 9.85. The molecule has 0 fully saturated rings. The van der Waals surface area contributed by atoms with Crippen LogP contribution in [0.15, 0.2) is 60.8 Å². The second-order valence-corrected chi connectivity index (χ2v) is 7.80. The molecule has 3 aromatic rings. The Morgan fingerprint density at radius 1 is 1.00 bits per heavy atom. The van der Waals surface area contributed by atoms with Crippen LogP contribution in [0.25, 0.3) is 10.9 Å². The summed E-state index contributed by atoms with van der Waals surface area (Å²) < 4.78 is 0. The number of amides is 2. The Morgan fingerprint density at radius 3 is 2.43 bits per heavy atom. The number of hydrogen-bond donors (Lipinski definition) is 1. The normalized spacial score (nSPS) is 11.3. The van der Waals surface area contributed by atoms with Gasteiger partial charge in [0.15, 0.2) is 0 Å². The third kappa shape index (κ3) is 4.19. The molecular formula is C23H25N3O2. The van der Waals surface area contributed by atoms with E-state index in [1.807, 2.05) is 54.6 Å². The van der Waals surface area contributed by atoms with Crippen molar-refractivity contribution in [1.29, 1.82) is 0 Å². The smallest absolute Gasteiger partial charge is 0.244 e. The van der Waals surface area contributed by atoms with E-state index in [9.17, 15) is 9.59 Å². The fraction of sp³-hybridized carbons (Fsp3) is 0.261. The number of benzene rings is 2. The zero-order valence-electron chi connectivity index (χ0n) is 16.7. The number of para-hydroxylation sites is 2. The van der Waals surface area contributed by atoms with Gasteiger partial charge < -0.3 is 10.2 Å². The summed E-state index contributed by atoms with van der Waals surface area (Å²) in [5, 5.41) is 3.85. The van der Waals surface area contributed by atoms with Crippen LogP contribution < -0.4 is 10.2 Å². The second-order valence-electron chi connectivity index (χ2n) is 7.80. The van der Waals surface area contributed by atoms with Crippen molar-refractivity contribution >= 4 is 34.1 Å². The van der Waals surface area contributed by atoms with Gasteiger partial charge in [0.1, 0.15) is 6.54 Å². The van der Waals surface area contributed by atoms with E-state index >= 15 is 0 Å². The monoisotopic (exact) mass is 375 g/mol. The summed E-state index contributed by atoms with van der Waals surface area (Å²) in [7, 11) is 0. The summed E-state index contributed by atoms with van der Waals surface area (Å²) in [5.41, 5.74) is 2.98. The van der Waals surface area contributed by atoms with Gasteiger partial charge in [-0.2, -0.15) is 0 Å². The van der Waals surface area contributed by atoms with Crippen molar-refractivity contribution in [1.82, 2.24) is 4.98 Å². The van der Waals surface area contributed by atoms with Crippen molar-refractivity contribution < 1.29 is 9.59 Å². The number of nitrogens with one attached hydrogen (secondary N) is 1. The first-order valence-electron chi connectivity index (χ1n) is 9.28. The molecule has 2 amide bonds. The minimum Gasteiger partial charge on any atom is -0.323 e. The van der Waals surface area contributed by atoms with E-state index in [1.165, 1.54) is 11.8 Å². The lowest BCUT2D eigenvalue weighted by molar-refractivity contribution is -0.120.